The molecule has 0 aromatic heterocycles. The zero-order valence-electron chi connectivity index (χ0n) is 12.9. The Morgan fingerprint density at radius 1 is 1.33 bits per heavy atom. The first-order chi connectivity index (χ1) is 10.2. The molecule has 1 aromatic carbocycles. The van der Waals surface area contributed by atoms with Crippen LogP contribution in [-0.4, -0.2) is 37.0 Å². The van der Waals surface area contributed by atoms with Gasteiger partial charge < -0.3 is 9.80 Å². The zero-order valence-corrected chi connectivity index (χ0v) is 12.9. The highest BCUT2D eigenvalue weighted by Crippen LogP contribution is 2.19. The maximum Gasteiger partial charge on any atom is 0.240 e. The summed E-state index contributed by atoms with van der Waals surface area (Å²) < 4.78 is 0. The van der Waals surface area contributed by atoms with E-state index in [1.807, 2.05) is 11.8 Å². The Labute approximate surface area is 127 Å². The van der Waals surface area contributed by atoms with Crippen LogP contribution in [0.1, 0.15) is 25.3 Å². The van der Waals surface area contributed by atoms with Crippen molar-refractivity contribution >= 4 is 11.6 Å². The lowest BCUT2D eigenvalue weighted by Crippen LogP contribution is -2.50. The van der Waals surface area contributed by atoms with Gasteiger partial charge in [0, 0.05) is 31.9 Å². The van der Waals surface area contributed by atoms with Gasteiger partial charge >= 0.3 is 0 Å². The summed E-state index contributed by atoms with van der Waals surface area (Å²) in [6.45, 7) is 7.17. The topological polar surface area (TPSA) is 47.3 Å². The molecular formula is C17H23N3O. The lowest BCUT2D eigenvalue weighted by Gasteiger charge is -2.37. The average molecular weight is 285 g/mol. The number of anilines is 1. The second-order valence-electron chi connectivity index (χ2n) is 5.62. The Hall–Kier alpha value is -2.02. The summed E-state index contributed by atoms with van der Waals surface area (Å²) in [5, 5.41) is 9.11. The number of carbonyl (C=O) groups is 1. The number of hydrogen-bond donors (Lipinski definition) is 0. The monoisotopic (exact) mass is 285 g/mol. The van der Waals surface area contributed by atoms with E-state index in [1.165, 1.54) is 11.3 Å². The molecule has 1 unspecified atom stereocenters. The molecule has 0 radical (unpaired) electrons. The first kappa shape index (κ1) is 15.4. The van der Waals surface area contributed by atoms with Crippen molar-refractivity contribution in [2.45, 2.75) is 26.7 Å². The molecule has 21 heavy (non-hydrogen) atoms. The van der Waals surface area contributed by atoms with Crippen molar-refractivity contribution in [3.8, 4) is 6.07 Å². The summed E-state index contributed by atoms with van der Waals surface area (Å²) in [5.74, 6) is -0.469. The second kappa shape index (κ2) is 7.12. The molecule has 1 heterocycles. The fourth-order valence-corrected chi connectivity index (χ4v) is 2.76. The number of hydrogen-bond acceptors (Lipinski definition) is 3. The minimum atomic E-state index is -0.472. The molecule has 0 aliphatic carbocycles. The standard InChI is InChI=1S/C17H23N3O/c1-3-5-15(13-18)17(21)20-10-8-19(9-11-20)16-7-4-6-14(2)12-16/h4,6-7,12,15H,3,5,8-11H2,1-2H3. The predicted molar refractivity (Wildman–Crippen MR) is 84.0 cm³/mol. The predicted octanol–water partition coefficient (Wildman–Crippen LogP) is 2.58. The molecule has 1 amide bonds. The van der Waals surface area contributed by atoms with Crippen molar-refractivity contribution in [3.63, 3.8) is 0 Å². The van der Waals surface area contributed by atoms with Crippen LogP contribution < -0.4 is 4.90 Å². The average Bonchev–Trinajstić information content (AvgIpc) is 2.52. The molecule has 4 nitrogen and oxygen atoms in total. The highest BCUT2D eigenvalue weighted by atomic mass is 16.2. The van der Waals surface area contributed by atoms with E-state index in [4.69, 9.17) is 5.26 Å². The summed E-state index contributed by atoms with van der Waals surface area (Å²) in [4.78, 5) is 16.4. The summed E-state index contributed by atoms with van der Waals surface area (Å²) in [6.07, 6.45) is 1.53. The largest absolute Gasteiger partial charge is 0.368 e. The number of carbonyl (C=O) groups excluding carboxylic acids is 1. The lowest BCUT2D eigenvalue weighted by atomic mass is 10.0. The van der Waals surface area contributed by atoms with Crippen molar-refractivity contribution < 1.29 is 4.79 Å². The van der Waals surface area contributed by atoms with Crippen molar-refractivity contribution in [1.29, 1.82) is 5.26 Å². The number of nitrogens with zero attached hydrogens (tertiary/aromatic N) is 3. The number of rotatable bonds is 4. The van der Waals surface area contributed by atoms with E-state index in [0.717, 1.165) is 19.5 Å². The lowest BCUT2D eigenvalue weighted by molar-refractivity contribution is -0.134. The molecular weight excluding hydrogens is 262 g/mol. The minimum Gasteiger partial charge on any atom is -0.368 e. The van der Waals surface area contributed by atoms with Crippen LogP contribution in [0.15, 0.2) is 24.3 Å². The fourth-order valence-electron chi connectivity index (χ4n) is 2.76. The summed E-state index contributed by atoms with van der Waals surface area (Å²) in [5.41, 5.74) is 2.46. The van der Waals surface area contributed by atoms with Crippen molar-refractivity contribution in [2.75, 3.05) is 31.1 Å². The fraction of sp³-hybridized carbons (Fsp3) is 0.529. The van der Waals surface area contributed by atoms with Crippen LogP contribution >= 0.6 is 0 Å². The van der Waals surface area contributed by atoms with Gasteiger partial charge in [0.1, 0.15) is 5.92 Å². The van der Waals surface area contributed by atoms with E-state index in [2.05, 4.69) is 42.2 Å². The normalized spacial score (nSPS) is 16.4. The third-order valence-corrected chi connectivity index (χ3v) is 3.99. The van der Waals surface area contributed by atoms with Gasteiger partial charge in [-0.2, -0.15) is 5.26 Å². The van der Waals surface area contributed by atoms with Crippen LogP contribution in [0.5, 0.6) is 0 Å². The van der Waals surface area contributed by atoms with Gasteiger partial charge in [-0.05, 0) is 31.0 Å². The Balaban J connectivity index is 1.94. The minimum absolute atomic E-state index is 0.00300. The molecule has 0 spiro atoms. The third-order valence-electron chi connectivity index (χ3n) is 3.99. The smallest absolute Gasteiger partial charge is 0.240 e. The Morgan fingerprint density at radius 2 is 2.05 bits per heavy atom. The molecule has 1 aliphatic rings. The van der Waals surface area contributed by atoms with Crippen molar-refractivity contribution in [1.82, 2.24) is 4.90 Å². The Kier molecular flexibility index (Phi) is 5.21. The third kappa shape index (κ3) is 3.75. The Morgan fingerprint density at radius 3 is 2.62 bits per heavy atom. The molecule has 0 N–H and O–H groups in total. The molecule has 1 aliphatic heterocycles. The number of benzene rings is 1. The van der Waals surface area contributed by atoms with Crippen LogP contribution in [0.25, 0.3) is 0 Å². The summed E-state index contributed by atoms with van der Waals surface area (Å²) in [6, 6.07) is 10.6. The van der Waals surface area contributed by atoms with Crippen LogP contribution in [-0.2, 0) is 4.79 Å². The highest BCUT2D eigenvalue weighted by molar-refractivity contribution is 5.81. The second-order valence-corrected chi connectivity index (χ2v) is 5.62. The van der Waals surface area contributed by atoms with E-state index in [0.29, 0.717) is 19.5 Å². The van der Waals surface area contributed by atoms with Crippen LogP contribution in [0.4, 0.5) is 5.69 Å². The van der Waals surface area contributed by atoms with Gasteiger partial charge in [-0.25, -0.2) is 0 Å². The molecule has 2 rings (SSSR count). The molecule has 4 heteroatoms. The maximum atomic E-state index is 12.3. The van der Waals surface area contributed by atoms with Gasteiger partial charge in [0.15, 0.2) is 0 Å². The quantitative estimate of drug-likeness (QED) is 0.854. The van der Waals surface area contributed by atoms with E-state index < -0.39 is 5.92 Å². The molecule has 112 valence electrons. The van der Waals surface area contributed by atoms with Gasteiger partial charge in [-0.3, -0.25) is 4.79 Å². The maximum absolute atomic E-state index is 12.3. The molecule has 0 saturated carbocycles. The molecule has 1 atom stereocenters. The first-order valence-corrected chi connectivity index (χ1v) is 7.65. The highest BCUT2D eigenvalue weighted by Gasteiger charge is 2.26. The van der Waals surface area contributed by atoms with E-state index in [1.54, 1.807) is 0 Å². The van der Waals surface area contributed by atoms with Crippen LogP contribution in [0.2, 0.25) is 0 Å². The van der Waals surface area contributed by atoms with Crippen molar-refractivity contribution in [3.05, 3.63) is 29.8 Å². The Bertz CT molecular complexity index is 527. The SMILES string of the molecule is CCCC(C#N)C(=O)N1CCN(c2cccc(C)c2)CC1. The van der Waals surface area contributed by atoms with Crippen molar-refractivity contribution in [2.24, 2.45) is 5.92 Å². The van der Waals surface area contributed by atoms with Gasteiger partial charge in [-0.1, -0.05) is 25.5 Å². The van der Waals surface area contributed by atoms with E-state index >= 15 is 0 Å². The molecule has 1 saturated heterocycles. The van der Waals surface area contributed by atoms with E-state index in [9.17, 15) is 4.79 Å². The van der Waals surface area contributed by atoms with Gasteiger partial charge in [0.2, 0.25) is 5.91 Å². The summed E-state index contributed by atoms with van der Waals surface area (Å²) in [7, 11) is 0. The first-order valence-electron chi connectivity index (χ1n) is 7.65. The molecule has 0 bridgehead atoms. The van der Waals surface area contributed by atoms with Gasteiger partial charge in [0.05, 0.1) is 6.07 Å². The number of amides is 1. The van der Waals surface area contributed by atoms with Gasteiger partial charge in [0.25, 0.3) is 0 Å². The van der Waals surface area contributed by atoms with E-state index in [-0.39, 0.29) is 5.91 Å². The van der Waals surface area contributed by atoms with Crippen LogP contribution in [0, 0.1) is 24.2 Å². The zero-order chi connectivity index (χ0) is 15.2. The number of piperazine rings is 1. The molecule has 1 aromatic rings. The van der Waals surface area contributed by atoms with Crippen LogP contribution in [0.3, 0.4) is 0 Å². The van der Waals surface area contributed by atoms with Gasteiger partial charge in [-0.15, -0.1) is 0 Å². The number of aryl methyl sites for hydroxylation is 1. The number of nitriles is 1. The molecule has 1 fully saturated rings. The summed E-state index contributed by atoms with van der Waals surface area (Å²) >= 11 is 0.